The Morgan fingerprint density at radius 2 is 1.88 bits per heavy atom. The normalized spacial score (nSPS) is 16.0. The number of hydrogen-bond donors (Lipinski definition) is 1. The zero-order valence-electron chi connectivity index (χ0n) is 18.3. The summed E-state index contributed by atoms with van der Waals surface area (Å²) >= 11 is 0. The molecule has 0 amide bonds. The molecular weight excluding hydrogens is 429 g/mol. The SMILES string of the molecule is CC(c1ccccc1)c1nc(CN(C)C2CCCC2)nn1-c1ccc(S(N)(=O)=O)cc1F. The van der Waals surface area contributed by atoms with E-state index in [0.717, 1.165) is 24.5 Å². The van der Waals surface area contributed by atoms with Gasteiger partial charge in [0.15, 0.2) is 5.82 Å². The molecule has 0 bridgehead atoms. The molecule has 0 aliphatic heterocycles. The van der Waals surface area contributed by atoms with Crippen LogP contribution in [0.15, 0.2) is 53.4 Å². The van der Waals surface area contributed by atoms with Crippen LogP contribution in [0.1, 0.15) is 55.7 Å². The van der Waals surface area contributed by atoms with Gasteiger partial charge in [0.2, 0.25) is 10.0 Å². The Labute approximate surface area is 188 Å². The van der Waals surface area contributed by atoms with Crippen molar-refractivity contribution >= 4 is 10.0 Å². The largest absolute Gasteiger partial charge is 0.296 e. The second-order valence-corrected chi connectivity index (χ2v) is 10.0. The molecule has 7 nitrogen and oxygen atoms in total. The molecule has 1 aliphatic rings. The van der Waals surface area contributed by atoms with Gasteiger partial charge in [-0.2, -0.15) is 0 Å². The highest BCUT2D eigenvalue weighted by atomic mass is 32.2. The Morgan fingerprint density at radius 3 is 2.50 bits per heavy atom. The molecule has 1 saturated carbocycles. The second kappa shape index (κ2) is 9.09. The summed E-state index contributed by atoms with van der Waals surface area (Å²) in [6.07, 6.45) is 4.78. The van der Waals surface area contributed by atoms with Crippen LogP contribution in [0.5, 0.6) is 0 Å². The average molecular weight is 458 g/mol. The van der Waals surface area contributed by atoms with Gasteiger partial charge in [0.25, 0.3) is 0 Å². The molecule has 1 aromatic heterocycles. The molecule has 0 radical (unpaired) electrons. The topological polar surface area (TPSA) is 94.1 Å². The lowest BCUT2D eigenvalue weighted by Gasteiger charge is -2.22. The van der Waals surface area contributed by atoms with Crippen molar-refractivity contribution in [1.82, 2.24) is 19.7 Å². The number of aromatic nitrogens is 3. The minimum Gasteiger partial charge on any atom is -0.296 e. The number of rotatable bonds is 7. The van der Waals surface area contributed by atoms with Crippen LogP contribution in [0.4, 0.5) is 4.39 Å². The highest BCUT2D eigenvalue weighted by molar-refractivity contribution is 7.89. The lowest BCUT2D eigenvalue weighted by atomic mass is 10.0. The molecule has 2 aromatic carbocycles. The van der Waals surface area contributed by atoms with E-state index in [0.29, 0.717) is 24.2 Å². The minimum absolute atomic E-state index is 0.137. The molecular formula is C23H28FN5O2S. The number of sulfonamides is 1. The predicted molar refractivity (Wildman–Crippen MR) is 120 cm³/mol. The van der Waals surface area contributed by atoms with E-state index in [4.69, 9.17) is 10.1 Å². The molecule has 4 rings (SSSR count). The van der Waals surface area contributed by atoms with Crippen molar-refractivity contribution in [3.63, 3.8) is 0 Å². The number of nitrogens with two attached hydrogens (primary N) is 1. The number of benzene rings is 2. The Kier molecular flexibility index (Phi) is 6.41. The maximum Gasteiger partial charge on any atom is 0.238 e. The van der Waals surface area contributed by atoms with Crippen LogP contribution in [-0.2, 0) is 16.6 Å². The summed E-state index contributed by atoms with van der Waals surface area (Å²) in [5.41, 5.74) is 1.16. The van der Waals surface area contributed by atoms with Crippen molar-refractivity contribution in [1.29, 1.82) is 0 Å². The van der Waals surface area contributed by atoms with Crippen LogP contribution >= 0.6 is 0 Å². The molecule has 3 aromatic rings. The van der Waals surface area contributed by atoms with E-state index >= 15 is 4.39 Å². The quantitative estimate of drug-likeness (QED) is 0.585. The van der Waals surface area contributed by atoms with E-state index in [1.807, 2.05) is 37.3 Å². The van der Waals surface area contributed by atoms with Gasteiger partial charge in [0.05, 0.1) is 11.4 Å². The zero-order valence-corrected chi connectivity index (χ0v) is 19.1. The number of nitrogens with zero attached hydrogens (tertiary/aromatic N) is 4. The smallest absolute Gasteiger partial charge is 0.238 e. The highest BCUT2D eigenvalue weighted by Gasteiger charge is 2.25. The fraction of sp³-hybridized carbons (Fsp3) is 0.391. The van der Waals surface area contributed by atoms with Gasteiger partial charge < -0.3 is 0 Å². The van der Waals surface area contributed by atoms with Gasteiger partial charge in [0.1, 0.15) is 17.3 Å². The summed E-state index contributed by atoms with van der Waals surface area (Å²) in [6.45, 7) is 2.56. The van der Waals surface area contributed by atoms with Crippen molar-refractivity contribution in [3.8, 4) is 5.69 Å². The van der Waals surface area contributed by atoms with E-state index < -0.39 is 15.8 Å². The Bertz CT molecular complexity index is 1190. The number of primary sulfonamides is 1. The van der Waals surface area contributed by atoms with Crippen LogP contribution in [0.3, 0.4) is 0 Å². The molecule has 170 valence electrons. The van der Waals surface area contributed by atoms with E-state index in [2.05, 4.69) is 17.0 Å². The second-order valence-electron chi connectivity index (χ2n) is 8.44. The van der Waals surface area contributed by atoms with Crippen molar-refractivity contribution in [3.05, 3.63) is 71.6 Å². The molecule has 1 heterocycles. The van der Waals surface area contributed by atoms with Gasteiger partial charge in [-0.05, 0) is 43.7 Å². The Morgan fingerprint density at radius 1 is 1.19 bits per heavy atom. The van der Waals surface area contributed by atoms with Crippen LogP contribution in [-0.4, -0.2) is 41.2 Å². The molecule has 32 heavy (non-hydrogen) atoms. The molecule has 0 saturated heterocycles. The zero-order chi connectivity index (χ0) is 22.9. The van der Waals surface area contributed by atoms with Gasteiger partial charge in [-0.1, -0.05) is 50.1 Å². The first-order chi connectivity index (χ1) is 15.2. The summed E-state index contributed by atoms with van der Waals surface area (Å²) in [5, 5.41) is 9.79. The van der Waals surface area contributed by atoms with Gasteiger partial charge in [-0.15, -0.1) is 5.10 Å². The average Bonchev–Trinajstić information content (AvgIpc) is 3.43. The van der Waals surface area contributed by atoms with Gasteiger partial charge in [0, 0.05) is 12.0 Å². The van der Waals surface area contributed by atoms with Crippen molar-refractivity contribution in [2.75, 3.05) is 7.05 Å². The van der Waals surface area contributed by atoms with E-state index in [1.54, 1.807) is 0 Å². The van der Waals surface area contributed by atoms with Gasteiger partial charge >= 0.3 is 0 Å². The Balaban J connectivity index is 1.75. The van der Waals surface area contributed by atoms with E-state index in [1.165, 1.54) is 29.7 Å². The fourth-order valence-corrected chi connectivity index (χ4v) is 4.84. The van der Waals surface area contributed by atoms with Gasteiger partial charge in [-0.3, -0.25) is 4.90 Å². The van der Waals surface area contributed by atoms with Gasteiger partial charge in [-0.25, -0.2) is 27.6 Å². The third-order valence-corrected chi connectivity index (χ3v) is 7.09. The highest BCUT2D eigenvalue weighted by Crippen LogP contribution is 2.28. The van der Waals surface area contributed by atoms with Crippen LogP contribution in [0.25, 0.3) is 5.69 Å². The van der Waals surface area contributed by atoms with Crippen molar-refractivity contribution in [2.45, 2.75) is 56.0 Å². The fourth-order valence-electron chi connectivity index (χ4n) is 4.32. The third kappa shape index (κ3) is 4.74. The van der Waals surface area contributed by atoms with Crippen LogP contribution in [0.2, 0.25) is 0 Å². The maximum atomic E-state index is 15.0. The van der Waals surface area contributed by atoms with E-state index in [-0.39, 0.29) is 16.5 Å². The molecule has 1 atom stereocenters. The monoisotopic (exact) mass is 457 g/mol. The minimum atomic E-state index is -4.01. The molecule has 1 fully saturated rings. The summed E-state index contributed by atoms with van der Waals surface area (Å²) < 4.78 is 39.7. The first-order valence-electron chi connectivity index (χ1n) is 10.8. The molecule has 1 aliphatic carbocycles. The summed E-state index contributed by atoms with van der Waals surface area (Å²) in [6, 6.07) is 13.9. The summed E-state index contributed by atoms with van der Waals surface area (Å²) in [5.74, 6) is 0.325. The predicted octanol–water partition coefficient (Wildman–Crippen LogP) is 3.58. The number of hydrogen-bond acceptors (Lipinski definition) is 5. The summed E-state index contributed by atoms with van der Waals surface area (Å²) in [4.78, 5) is 6.76. The molecule has 1 unspecified atom stereocenters. The Hall–Kier alpha value is -2.62. The molecule has 9 heteroatoms. The standard InChI is InChI=1S/C23H28FN5O2S/c1-16(17-8-4-3-5-9-17)23-26-22(15-28(2)18-10-6-7-11-18)27-29(23)21-13-12-19(14-20(21)24)32(25,30)31/h3-5,8-9,12-14,16,18H,6-7,10-11,15H2,1-2H3,(H2,25,30,31). The van der Waals surface area contributed by atoms with Crippen LogP contribution < -0.4 is 5.14 Å². The summed E-state index contributed by atoms with van der Waals surface area (Å²) in [7, 11) is -1.94. The van der Waals surface area contributed by atoms with Crippen molar-refractivity contribution in [2.24, 2.45) is 5.14 Å². The first kappa shape index (κ1) is 22.6. The lowest BCUT2D eigenvalue weighted by Crippen LogP contribution is -2.29. The number of halogens is 1. The first-order valence-corrected chi connectivity index (χ1v) is 12.3. The van der Waals surface area contributed by atoms with E-state index in [9.17, 15) is 8.42 Å². The molecule has 0 spiro atoms. The maximum absolute atomic E-state index is 15.0. The lowest BCUT2D eigenvalue weighted by molar-refractivity contribution is 0.232. The molecule has 2 N–H and O–H groups in total. The third-order valence-electron chi connectivity index (χ3n) is 6.18. The van der Waals surface area contributed by atoms with Crippen molar-refractivity contribution < 1.29 is 12.8 Å². The van der Waals surface area contributed by atoms with Crippen LogP contribution in [0, 0.1) is 5.82 Å².